The lowest BCUT2D eigenvalue weighted by Crippen LogP contribution is -2.43. The van der Waals surface area contributed by atoms with E-state index in [0.717, 1.165) is 10.0 Å². The Bertz CT molecular complexity index is 442. The fraction of sp³-hybridized carbons (Fsp3) is 0.500. The number of carbonyl (C=O) groups excluding carboxylic acids is 1. The number of β-amino-alcohol motifs (C(OH)–C–C–N with tert-alkyl or cyclic N) is 1. The lowest BCUT2D eigenvalue weighted by atomic mass is 10.0. The first kappa shape index (κ1) is 13.6. The Hall–Kier alpha value is -0.870. The van der Waals surface area contributed by atoms with E-state index in [4.69, 9.17) is 0 Å². The molecule has 1 aliphatic rings. The molecule has 0 aliphatic carbocycles. The smallest absolute Gasteiger partial charge is 0.227 e. The minimum atomic E-state index is -0.395. The Morgan fingerprint density at radius 1 is 1.44 bits per heavy atom. The molecule has 1 atom stereocenters. The highest BCUT2D eigenvalue weighted by Gasteiger charge is 2.40. The van der Waals surface area contributed by atoms with Gasteiger partial charge in [-0.3, -0.25) is 4.79 Å². The number of likely N-dealkylation sites (tertiary alicyclic amines) is 1. The number of carbonyl (C=O) groups is 1. The summed E-state index contributed by atoms with van der Waals surface area (Å²) in [7, 11) is 0. The second-order valence-corrected chi connectivity index (χ2v) is 6.39. The van der Waals surface area contributed by atoms with Crippen LogP contribution in [0.2, 0.25) is 0 Å². The van der Waals surface area contributed by atoms with Crippen LogP contribution >= 0.6 is 15.9 Å². The largest absolute Gasteiger partial charge is 0.391 e. The predicted molar refractivity (Wildman–Crippen MR) is 74.3 cm³/mol. The highest BCUT2D eigenvalue weighted by Crippen LogP contribution is 2.29. The summed E-state index contributed by atoms with van der Waals surface area (Å²) in [6.07, 6.45) is 0.650. The Morgan fingerprint density at radius 3 is 2.56 bits per heavy atom. The Morgan fingerprint density at radius 2 is 2.06 bits per heavy atom. The molecule has 1 saturated heterocycles. The van der Waals surface area contributed by atoms with E-state index < -0.39 is 6.10 Å². The SMILES string of the molecule is CC1(C)CC(O)CN1C(=O)Cc1ccc(Br)cc1. The molecule has 1 aromatic rings. The van der Waals surface area contributed by atoms with Gasteiger partial charge in [0, 0.05) is 16.6 Å². The maximum atomic E-state index is 12.3. The second kappa shape index (κ2) is 5.02. The number of aliphatic hydroxyl groups is 1. The molecule has 0 aromatic heterocycles. The van der Waals surface area contributed by atoms with E-state index in [1.54, 1.807) is 4.90 Å². The van der Waals surface area contributed by atoms with Crippen LogP contribution in [-0.2, 0) is 11.2 Å². The predicted octanol–water partition coefficient (Wildman–Crippen LogP) is 2.36. The van der Waals surface area contributed by atoms with Gasteiger partial charge in [-0.2, -0.15) is 0 Å². The molecule has 0 saturated carbocycles. The normalized spacial score (nSPS) is 22.2. The molecule has 1 heterocycles. The van der Waals surface area contributed by atoms with Gasteiger partial charge < -0.3 is 10.0 Å². The molecule has 1 N–H and O–H groups in total. The summed E-state index contributed by atoms with van der Waals surface area (Å²) in [5.74, 6) is 0.0823. The van der Waals surface area contributed by atoms with Gasteiger partial charge in [-0.15, -0.1) is 0 Å². The van der Waals surface area contributed by atoms with E-state index in [1.165, 1.54) is 0 Å². The number of benzene rings is 1. The molecule has 98 valence electrons. The zero-order valence-corrected chi connectivity index (χ0v) is 12.3. The average Bonchev–Trinajstić information content (AvgIpc) is 2.55. The number of nitrogens with zero attached hydrogens (tertiary/aromatic N) is 1. The molecule has 18 heavy (non-hydrogen) atoms. The van der Waals surface area contributed by atoms with Crippen LogP contribution in [0.5, 0.6) is 0 Å². The third-order valence-electron chi connectivity index (χ3n) is 3.43. The van der Waals surface area contributed by atoms with Crippen molar-refractivity contribution in [2.24, 2.45) is 0 Å². The third kappa shape index (κ3) is 2.93. The number of halogens is 1. The molecule has 1 amide bonds. The number of hydrogen-bond donors (Lipinski definition) is 1. The summed E-state index contributed by atoms with van der Waals surface area (Å²) in [5.41, 5.74) is 0.756. The number of amides is 1. The van der Waals surface area contributed by atoms with Gasteiger partial charge in [0.15, 0.2) is 0 Å². The van der Waals surface area contributed by atoms with Crippen LogP contribution in [0.15, 0.2) is 28.7 Å². The standard InChI is InChI=1S/C14H18BrNO2/c1-14(2)8-12(17)9-16(14)13(18)7-10-3-5-11(15)6-4-10/h3-6,12,17H,7-9H2,1-2H3. The average molecular weight is 312 g/mol. The molecule has 3 nitrogen and oxygen atoms in total. The van der Waals surface area contributed by atoms with Gasteiger partial charge >= 0.3 is 0 Å². The maximum Gasteiger partial charge on any atom is 0.227 e. The van der Waals surface area contributed by atoms with Crippen LogP contribution in [-0.4, -0.2) is 34.1 Å². The van der Waals surface area contributed by atoms with Crippen LogP contribution in [0.1, 0.15) is 25.8 Å². The summed E-state index contributed by atoms with van der Waals surface area (Å²) in [4.78, 5) is 14.1. The molecule has 1 aromatic carbocycles. The van der Waals surface area contributed by atoms with Gasteiger partial charge in [0.05, 0.1) is 12.5 Å². The summed E-state index contributed by atoms with van der Waals surface area (Å²) >= 11 is 3.38. The molecule has 1 unspecified atom stereocenters. The molecule has 1 aliphatic heterocycles. The molecule has 0 spiro atoms. The minimum Gasteiger partial charge on any atom is -0.391 e. The van der Waals surface area contributed by atoms with Crippen molar-refractivity contribution < 1.29 is 9.90 Å². The van der Waals surface area contributed by atoms with Crippen molar-refractivity contribution in [3.8, 4) is 0 Å². The lowest BCUT2D eigenvalue weighted by Gasteiger charge is -2.31. The van der Waals surface area contributed by atoms with Crippen molar-refractivity contribution in [3.05, 3.63) is 34.3 Å². The quantitative estimate of drug-likeness (QED) is 0.911. The van der Waals surface area contributed by atoms with E-state index in [9.17, 15) is 9.90 Å². The van der Waals surface area contributed by atoms with Crippen LogP contribution in [0, 0.1) is 0 Å². The third-order valence-corrected chi connectivity index (χ3v) is 3.96. The van der Waals surface area contributed by atoms with Crippen molar-refractivity contribution in [1.29, 1.82) is 0 Å². The maximum absolute atomic E-state index is 12.3. The van der Waals surface area contributed by atoms with Crippen molar-refractivity contribution >= 4 is 21.8 Å². The molecule has 4 heteroatoms. The summed E-state index contributed by atoms with van der Waals surface area (Å²) in [5, 5.41) is 9.69. The van der Waals surface area contributed by atoms with Gasteiger partial charge in [-0.05, 0) is 38.0 Å². The van der Waals surface area contributed by atoms with E-state index in [2.05, 4.69) is 15.9 Å². The number of rotatable bonds is 2. The zero-order valence-electron chi connectivity index (χ0n) is 10.7. The highest BCUT2D eigenvalue weighted by molar-refractivity contribution is 9.10. The fourth-order valence-electron chi connectivity index (χ4n) is 2.52. The first-order valence-electron chi connectivity index (χ1n) is 6.11. The van der Waals surface area contributed by atoms with E-state index in [-0.39, 0.29) is 11.4 Å². The summed E-state index contributed by atoms with van der Waals surface area (Å²) in [6.45, 7) is 4.45. The molecule has 1 fully saturated rings. The Balaban J connectivity index is 2.06. The van der Waals surface area contributed by atoms with Crippen molar-refractivity contribution in [1.82, 2.24) is 4.90 Å². The molecule has 0 bridgehead atoms. The van der Waals surface area contributed by atoms with Gasteiger partial charge in [0.1, 0.15) is 0 Å². The highest BCUT2D eigenvalue weighted by atomic mass is 79.9. The topological polar surface area (TPSA) is 40.5 Å². The number of aliphatic hydroxyl groups excluding tert-OH is 1. The van der Waals surface area contributed by atoms with Gasteiger partial charge in [-0.1, -0.05) is 28.1 Å². The fourth-order valence-corrected chi connectivity index (χ4v) is 2.79. The van der Waals surface area contributed by atoms with E-state index in [1.807, 2.05) is 38.1 Å². The van der Waals surface area contributed by atoms with Crippen molar-refractivity contribution in [3.63, 3.8) is 0 Å². The van der Waals surface area contributed by atoms with Crippen LogP contribution in [0.4, 0.5) is 0 Å². The van der Waals surface area contributed by atoms with Crippen molar-refractivity contribution in [2.45, 2.75) is 38.3 Å². The zero-order chi connectivity index (χ0) is 13.3. The first-order chi connectivity index (χ1) is 8.38. The minimum absolute atomic E-state index is 0.0823. The summed E-state index contributed by atoms with van der Waals surface area (Å²) < 4.78 is 1.01. The second-order valence-electron chi connectivity index (χ2n) is 5.48. The van der Waals surface area contributed by atoms with Crippen molar-refractivity contribution in [2.75, 3.05) is 6.54 Å². The molecule has 2 rings (SSSR count). The molecule has 0 radical (unpaired) electrons. The van der Waals surface area contributed by atoms with Crippen LogP contribution < -0.4 is 0 Å². The molecular weight excluding hydrogens is 294 g/mol. The van der Waals surface area contributed by atoms with Crippen LogP contribution in [0.25, 0.3) is 0 Å². The Labute approximate surface area is 116 Å². The number of hydrogen-bond acceptors (Lipinski definition) is 2. The van der Waals surface area contributed by atoms with Gasteiger partial charge in [-0.25, -0.2) is 0 Å². The molecular formula is C14H18BrNO2. The van der Waals surface area contributed by atoms with Gasteiger partial charge in [0.25, 0.3) is 0 Å². The first-order valence-corrected chi connectivity index (χ1v) is 6.91. The van der Waals surface area contributed by atoms with Gasteiger partial charge in [0.2, 0.25) is 5.91 Å². The summed E-state index contributed by atoms with van der Waals surface area (Å²) in [6, 6.07) is 7.77. The van der Waals surface area contributed by atoms with Crippen LogP contribution in [0.3, 0.4) is 0 Å². The van der Waals surface area contributed by atoms with E-state index >= 15 is 0 Å². The lowest BCUT2D eigenvalue weighted by molar-refractivity contribution is -0.133. The Kier molecular flexibility index (Phi) is 3.78. The monoisotopic (exact) mass is 311 g/mol. The van der Waals surface area contributed by atoms with E-state index in [0.29, 0.717) is 19.4 Å².